The standard InChI is InChI=1S/C22H28O2/c1-3-5-10-16(4-2)15-24-22-19-13-8-6-11-17(19)21(23)18-12-7-9-14-20(18)22/h6-9,11,13,16,23H,3-5,10,12,14-15H2,1-2H3. The van der Waals surface area contributed by atoms with E-state index in [1.54, 1.807) is 0 Å². The maximum atomic E-state index is 10.7. The highest BCUT2D eigenvalue weighted by Gasteiger charge is 2.21. The first-order chi connectivity index (χ1) is 11.8. The summed E-state index contributed by atoms with van der Waals surface area (Å²) in [7, 11) is 0. The number of benzene rings is 2. The average Bonchev–Trinajstić information content (AvgIpc) is 2.64. The van der Waals surface area contributed by atoms with Gasteiger partial charge in [0.2, 0.25) is 0 Å². The van der Waals surface area contributed by atoms with E-state index in [0.29, 0.717) is 11.7 Å². The summed E-state index contributed by atoms with van der Waals surface area (Å²) < 4.78 is 6.38. The SMILES string of the molecule is CCCCC(CC)COc1c2c(c(O)c3ccccc13)CC=CC2. The minimum Gasteiger partial charge on any atom is -0.507 e. The number of aromatic hydroxyl groups is 1. The van der Waals surface area contributed by atoms with Crippen LogP contribution in [-0.2, 0) is 12.8 Å². The predicted octanol–water partition coefficient (Wildman–Crippen LogP) is 5.80. The Morgan fingerprint density at radius 1 is 1.04 bits per heavy atom. The summed E-state index contributed by atoms with van der Waals surface area (Å²) in [6, 6.07) is 8.06. The van der Waals surface area contributed by atoms with E-state index in [-0.39, 0.29) is 0 Å². The largest absolute Gasteiger partial charge is 0.507 e. The number of phenolic OH excluding ortho intramolecular Hbond substituents is 1. The van der Waals surface area contributed by atoms with Gasteiger partial charge >= 0.3 is 0 Å². The molecule has 0 saturated carbocycles. The molecular weight excluding hydrogens is 296 g/mol. The zero-order valence-electron chi connectivity index (χ0n) is 14.8. The van der Waals surface area contributed by atoms with Gasteiger partial charge in [-0.05, 0) is 25.2 Å². The van der Waals surface area contributed by atoms with Gasteiger partial charge in [-0.25, -0.2) is 0 Å². The van der Waals surface area contributed by atoms with E-state index < -0.39 is 0 Å². The summed E-state index contributed by atoms with van der Waals surface area (Å²) in [5, 5.41) is 12.6. The van der Waals surface area contributed by atoms with E-state index in [1.165, 1.54) is 24.8 Å². The minimum atomic E-state index is 0.426. The summed E-state index contributed by atoms with van der Waals surface area (Å²) in [5.74, 6) is 2.01. The first-order valence-electron chi connectivity index (χ1n) is 9.29. The van der Waals surface area contributed by atoms with Crippen molar-refractivity contribution in [2.75, 3.05) is 6.61 Å². The molecule has 2 nitrogen and oxygen atoms in total. The Morgan fingerprint density at radius 2 is 1.75 bits per heavy atom. The highest BCUT2D eigenvalue weighted by molar-refractivity contribution is 5.96. The highest BCUT2D eigenvalue weighted by atomic mass is 16.5. The maximum Gasteiger partial charge on any atom is 0.131 e. The molecule has 2 heteroatoms. The lowest BCUT2D eigenvalue weighted by molar-refractivity contribution is 0.234. The van der Waals surface area contributed by atoms with E-state index in [1.807, 2.05) is 18.2 Å². The van der Waals surface area contributed by atoms with Crippen LogP contribution in [0.4, 0.5) is 0 Å². The number of allylic oxidation sites excluding steroid dienone is 2. The molecule has 128 valence electrons. The lowest BCUT2D eigenvalue weighted by Crippen LogP contribution is -2.13. The van der Waals surface area contributed by atoms with Crippen molar-refractivity contribution in [1.82, 2.24) is 0 Å². The van der Waals surface area contributed by atoms with Crippen LogP contribution in [0.15, 0.2) is 36.4 Å². The van der Waals surface area contributed by atoms with Crippen molar-refractivity contribution in [2.45, 2.75) is 52.4 Å². The number of rotatable bonds is 7. The molecule has 0 spiro atoms. The highest BCUT2D eigenvalue weighted by Crippen LogP contribution is 2.42. The molecule has 2 aromatic carbocycles. The van der Waals surface area contributed by atoms with Crippen molar-refractivity contribution in [3.05, 3.63) is 47.5 Å². The Labute approximate surface area is 145 Å². The molecule has 0 aliphatic heterocycles. The second-order valence-electron chi connectivity index (χ2n) is 6.79. The number of unbranched alkanes of at least 4 members (excludes halogenated alkanes) is 1. The monoisotopic (exact) mass is 324 g/mol. The molecule has 0 fully saturated rings. The van der Waals surface area contributed by atoms with E-state index in [2.05, 4.69) is 32.1 Å². The lowest BCUT2D eigenvalue weighted by Gasteiger charge is -2.23. The molecule has 0 radical (unpaired) electrons. The molecule has 1 unspecified atom stereocenters. The molecule has 1 N–H and O–H groups in total. The fourth-order valence-electron chi connectivity index (χ4n) is 3.60. The molecule has 0 aromatic heterocycles. The summed E-state index contributed by atoms with van der Waals surface area (Å²) in [6.45, 7) is 5.25. The summed E-state index contributed by atoms with van der Waals surface area (Å²) >= 11 is 0. The van der Waals surface area contributed by atoms with Crippen LogP contribution < -0.4 is 4.74 Å². The third kappa shape index (κ3) is 3.28. The Hall–Kier alpha value is -1.96. The summed E-state index contributed by atoms with van der Waals surface area (Å²) in [5.41, 5.74) is 2.20. The zero-order valence-corrected chi connectivity index (χ0v) is 14.8. The van der Waals surface area contributed by atoms with Crippen LogP contribution in [0.5, 0.6) is 11.5 Å². The Balaban J connectivity index is 1.96. The molecule has 0 saturated heterocycles. The quantitative estimate of drug-likeness (QED) is 0.653. The fraction of sp³-hybridized carbons (Fsp3) is 0.455. The smallest absolute Gasteiger partial charge is 0.131 e. The van der Waals surface area contributed by atoms with Gasteiger partial charge in [0.1, 0.15) is 11.5 Å². The van der Waals surface area contributed by atoms with E-state index >= 15 is 0 Å². The average molecular weight is 324 g/mol. The van der Waals surface area contributed by atoms with Crippen molar-refractivity contribution in [3.8, 4) is 11.5 Å². The zero-order chi connectivity index (χ0) is 16.9. The molecule has 3 rings (SSSR count). The Kier molecular flexibility index (Phi) is 5.44. The van der Waals surface area contributed by atoms with Crippen LogP contribution in [0.1, 0.15) is 50.7 Å². The molecule has 24 heavy (non-hydrogen) atoms. The number of phenols is 1. The summed E-state index contributed by atoms with van der Waals surface area (Å²) in [4.78, 5) is 0. The Morgan fingerprint density at radius 3 is 2.46 bits per heavy atom. The summed E-state index contributed by atoms with van der Waals surface area (Å²) in [6.07, 6.45) is 10.8. The van der Waals surface area contributed by atoms with Gasteiger partial charge in [-0.2, -0.15) is 0 Å². The number of hydrogen-bond acceptors (Lipinski definition) is 2. The van der Waals surface area contributed by atoms with Crippen LogP contribution in [-0.4, -0.2) is 11.7 Å². The molecular formula is C22H28O2. The van der Waals surface area contributed by atoms with E-state index in [0.717, 1.165) is 48.0 Å². The van der Waals surface area contributed by atoms with Crippen LogP contribution in [0.3, 0.4) is 0 Å². The topological polar surface area (TPSA) is 29.5 Å². The fourth-order valence-corrected chi connectivity index (χ4v) is 3.60. The molecule has 1 aliphatic carbocycles. The minimum absolute atomic E-state index is 0.426. The lowest BCUT2D eigenvalue weighted by atomic mass is 9.90. The van der Waals surface area contributed by atoms with Crippen LogP contribution in [0.2, 0.25) is 0 Å². The molecule has 1 atom stereocenters. The number of hydrogen-bond donors (Lipinski definition) is 1. The molecule has 1 aliphatic rings. The number of ether oxygens (including phenoxy) is 1. The third-order valence-electron chi connectivity index (χ3n) is 5.17. The van der Waals surface area contributed by atoms with E-state index in [4.69, 9.17) is 4.74 Å². The van der Waals surface area contributed by atoms with Gasteiger partial charge in [0, 0.05) is 21.9 Å². The van der Waals surface area contributed by atoms with Crippen LogP contribution in [0.25, 0.3) is 10.8 Å². The second-order valence-corrected chi connectivity index (χ2v) is 6.79. The molecule has 0 heterocycles. The van der Waals surface area contributed by atoms with Gasteiger partial charge < -0.3 is 9.84 Å². The molecule has 0 bridgehead atoms. The van der Waals surface area contributed by atoms with Crippen molar-refractivity contribution in [2.24, 2.45) is 5.92 Å². The maximum absolute atomic E-state index is 10.7. The number of fused-ring (bicyclic) bond motifs is 2. The first-order valence-corrected chi connectivity index (χ1v) is 9.29. The van der Waals surface area contributed by atoms with Crippen LogP contribution in [0, 0.1) is 5.92 Å². The van der Waals surface area contributed by atoms with Crippen molar-refractivity contribution < 1.29 is 9.84 Å². The van der Waals surface area contributed by atoms with Gasteiger partial charge in [-0.15, -0.1) is 0 Å². The van der Waals surface area contributed by atoms with Crippen molar-refractivity contribution in [1.29, 1.82) is 0 Å². The molecule has 0 amide bonds. The van der Waals surface area contributed by atoms with Gasteiger partial charge in [0.25, 0.3) is 0 Å². The Bertz CT molecular complexity index is 730. The van der Waals surface area contributed by atoms with E-state index in [9.17, 15) is 5.11 Å². The van der Waals surface area contributed by atoms with Gasteiger partial charge in [-0.1, -0.05) is 69.5 Å². The normalized spacial score (nSPS) is 14.6. The second kappa shape index (κ2) is 7.74. The van der Waals surface area contributed by atoms with Crippen molar-refractivity contribution >= 4 is 10.8 Å². The predicted molar refractivity (Wildman–Crippen MR) is 101 cm³/mol. The third-order valence-corrected chi connectivity index (χ3v) is 5.17. The first kappa shape index (κ1) is 16.9. The van der Waals surface area contributed by atoms with Gasteiger partial charge in [-0.3, -0.25) is 0 Å². The van der Waals surface area contributed by atoms with Gasteiger partial charge in [0.05, 0.1) is 6.61 Å². The van der Waals surface area contributed by atoms with Crippen molar-refractivity contribution in [3.63, 3.8) is 0 Å². The van der Waals surface area contributed by atoms with Gasteiger partial charge in [0.15, 0.2) is 0 Å². The molecule has 2 aromatic rings. The van der Waals surface area contributed by atoms with Crippen LogP contribution >= 0.6 is 0 Å².